The van der Waals surface area contributed by atoms with Crippen LogP contribution in [0.2, 0.25) is 0 Å². The minimum absolute atomic E-state index is 0.0146. The topological polar surface area (TPSA) is 65.5 Å². The predicted molar refractivity (Wildman–Crippen MR) is 113 cm³/mol. The van der Waals surface area contributed by atoms with Crippen molar-refractivity contribution >= 4 is 44.2 Å². The van der Waals surface area contributed by atoms with E-state index in [1.807, 2.05) is 23.1 Å². The third-order valence-corrected chi connectivity index (χ3v) is 5.85. The third kappa shape index (κ3) is 4.71. The summed E-state index contributed by atoms with van der Waals surface area (Å²) in [5, 5.41) is 3.12. The van der Waals surface area contributed by atoms with Crippen molar-refractivity contribution in [3.8, 4) is 0 Å². The molecule has 0 atom stereocenters. The molecule has 8 heteroatoms. The van der Waals surface area contributed by atoms with Gasteiger partial charge in [-0.25, -0.2) is 9.37 Å². The van der Waals surface area contributed by atoms with Gasteiger partial charge in [0.15, 0.2) is 5.13 Å². The van der Waals surface area contributed by atoms with Crippen LogP contribution in [0, 0.1) is 5.82 Å². The largest absolute Gasteiger partial charge is 0.368 e. The molecule has 2 heterocycles. The standard InChI is InChI=1S/C21H21FN4O2S/c22-15-6-7-17-18(14-15)29-21(23-17)24-19(27)8-9-20(28)26-12-10-25(11-13-26)16-4-2-1-3-5-16/h1-7,14H,8-13H2,(H,23,24,27). The Kier molecular flexibility index (Phi) is 5.71. The smallest absolute Gasteiger partial charge is 0.226 e. The van der Waals surface area contributed by atoms with Crippen LogP contribution in [0.15, 0.2) is 48.5 Å². The van der Waals surface area contributed by atoms with Crippen molar-refractivity contribution < 1.29 is 14.0 Å². The Morgan fingerprint density at radius 1 is 1.03 bits per heavy atom. The maximum Gasteiger partial charge on any atom is 0.226 e. The van der Waals surface area contributed by atoms with Gasteiger partial charge in [0.1, 0.15) is 5.82 Å². The van der Waals surface area contributed by atoms with Crippen LogP contribution in [0.3, 0.4) is 0 Å². The Labute approximate surface area is 172 Å². The van der Waals surface area contributed by atoms with Gasteiger partial charge in [-0.3, -0.25) is 9.59 Å². The highest BCUT2D eigenvalue weighted by atomic mass is 32.1. The molecule has 0 saturated carbocycles. The Bertz CT molecular complexity index is 1020. The zero-order chi connectivity index (χ0) is 20.2. The van der Waals surface area contributed by atoms with E-state index in [9.17, 15) is 14.0 Å². The zero-order valence-corrected chi connectivity index (χ0v) is 16.6. The predicted octanol–water partition coefficient (Wildman–Crippen LogP) is 3.50. The number of aromatic nitrogens is 1. The summed E-state index contributed by atoms with van der Waals surface area (Å²) in [6, 6.07) is 14.4. The van der Waals surface area contributed by atoms with E-state index in [0.717, 1.165) is 18.8 Å². The highest BCUT2D eigenvalue weighted by Gasteiger charge is 2.21. The maximum absolute atomic E-state index is 13.3. The monoisotopic (exact) mass is 412 g/mol. The first kappa shape index (κ1) is 19.3. The highest BCUT2D eigenvalue weighted by molar-refractivity contribution is 7.22. The molecule has 1 aliphatic rings. The van der Waals surface area contributed by atoms with Crippen LogP contribution in [0.25, 0.3) is 10.2 Å². The van der Waals surface area contributed by atoms with Crippen LogP contribution in [-0.2, 0) is 9.59 Å². The number of fused-ring (bicyclic) bond motifs is 1. The number of hydrogen-bond donors (Lipinski definition) is 1. The summed E-state index contributed by atoms with van der Waals surface area (Å²) in [5.74, 6) is -0.614. The van der Waals surface area contributed by atoms with Gasteiger partial charge in [-0.15, -0.1) is 0 Å². The van der Waals surface area contributed by atoms with Crippen LogP contribution in [0.4, 0.5) is 15.2 Å². The third-order valence-electron chi connectivity index (χ3n) is 4.92. The Morgan fingerprint density at radius 2 is 1.79 bits per heavy atom. The van der Waals surface area contributed by atoms with E-state index in [4.69, 9.17) is 0 Å². The fraction of sp³-hybridized carbons (Fsp3) is 0.286. The normalized spacial score (nSPS) is 14.2. The molecule has 1 fully saturated rings. The number of rotatable bonds is 5. The fourth-order valence-electron chi connectivity index (χ4n) is 3.37. The molecule has 29 heavy (non-hydrogen) atoms. The van der Waals surface area contributed by atoms with Crippen molar-refractivity contribution in [3.05, 3.63) is 54.3 Å². The van der Waals surface area contributed by atoms with Crippen LogP contribution in [0.5, 0.6) is 0 Å². The summed E-state index contributed by atoms with van der Waals surface area (Å²) in [6.45, 7) is 2.87. The number of carbonyl (C=O) groups is 2. The molecule has 3 aromatic rings. The minimum atomic E-state index is -0.336. The number of halogens is 1. The summed E-state index contributed by atoms with van der Waals surface area (Å²) in [5.41, 5.74) is 1.80. The van der Waals surface area contributed by atoms with Gasteiger partial charge in [0.2, 0.25) is 11.8 Å². The molecule has 1 saturated heterocycles. The summed E-state index contributed by atoms with van der Waals surface area (Å²) in [4.78, 5) is 33.0. The van der Waals surface area contributed by atoms with Crippen molar-refractivity contribution in [2.45, 2.75) is 12.8 Å². The van der Waals surface area contributed by atoms with Gasteiger partial charge in [-0.05, 0) is 30.3 Å². The van der Waals surface area contributed by atoms with Gasteiger partial charge >= 0.3 is 0 Å². The van der Waals surface area contributed by atoms with Gasteiger partial charge in [0.05, 0.1) is 10.2 Å². The first-order valence-corrected chi connectivity index (χ1v) is 10.3. The fourth-order valence-corrected chi connectivity index (χ4v) is 4.27. The number of hydrogen-bond acceptors (Lipinski definition) is 5. The summed E-state index contributed by atoms with van der Waals surface area (Å²) >= 11 is 1.22. The summed E-state index contributed by atoms with van der Waals surface area (Å²) < 4.78 is 13.9. The van der Waals surface area contributed by atoms with Crippen LogP contribution >= 0.6 is 11.3 Å². The number of anilines is 2. The second kappa shape index (κ2) is 8.57. The van der Waals surface area contributed by atoms with Gasteiger partial charge in [-0.1, -0.05) is 29.5 Å². The van der Waals surface area contributed by atoms with Gasteiger partial charge in [0.25, 0.3) is 0 Å². The van der Waals surface area contributed by atoms with E-state index < -0.39 is 0 Å². The molecule has 0 aliphatic carbocycles. The van der Waals surface area contributed by atoms with E-state index in [0.29, 0.717) is 28.4 Å². The molecule has 0 unspecified atom stereocenters. The minimum Gasteiger partial charge on any atom is -0.368 e. The number of piperazine rings is 1. The van der Waals surface area contributed by atoms with E-state index >= 15 is 0 Å². The van der Waals surface area contributed by atoms with E-state index in [1.54, 1.807) is 6.07 Å². The second-order valence-corrected chi connectivity index (χ2v) is 7.91. The van der Waals surface area contributed by atoms with E-state index in [1.165, 1.54) is 23.5 Å². The first-order valence-electron chi connectivity index (χ1n) is 9.52. The Balaban J connectivity index is 1.24. The van der Waals surface area contributed by atoms with Crippen molar-refractivity contribution in [3.63, 3.8) is 0 Å². The summed E-state index contributed by atoms with van der Waals surface area (Å²) in [7, 11) is 0. The number of nitrogens with one attached hydrogen (secondary N) is 1. The molecule has 1 aromatic heterocycles. The number of nitrogens with zero attached hydrogens (tertiary/aromatic N) is 3. The SMILES string of the molecule is O=C(CCC(=O)N1CCN(c2ccccc2)CC1)Nc1nc2ccc(F)cc2s1. The lowest BCUT2D eigenvalue weighted by atomic mass is 10.2. The zero-order valence-electron chi connectivity index (χ0n) is 15.8. The first-order chi connectivity index (χ1) is 14.1. The number of benzene rings is 2. The average molecular weight is 412 g/mol. The van der Waals surface area contributed by atoms with Gasteiger partial charge in [0, 0.05) is 44.7 Å². The second-order valence-electron chi connectivity index (χ2n) is 6.88. The van der Waals surface area contributed by atoms with Crippen molar-refractivity contribution in [1.82, 2.24) is 9.88 Å². The Hall–Kier alpha value is -3.00. The maximum atomic E-state index is 13.3. The molecule has 2 aromatic carbocycles. The summed E-state index contributed by atoms with van der Waals surface area (Å²) in [6.07, 6.45) is 0.263. The quantitative estimate of drug-likeness (QED) is 0.697. The molecule has 4 rings (SSSR count). The van der Waals surface area contributed by atoms with Crippen molar-refractivity contribution in [2.75, 3.05) is 36.4 Å². The van der Waals surface area contributed by atoms with E-state index in [-0.39, 0.29) is 30.5 Å². The average Bonchev–Trinajstić information content (AvgIpc) is 3.14. The molecule has 0 radical (unpaired) electrons. The highest BCUT2D eigenvalue weighted by Crippen LogP contribution is 2.26. The van der Waals surface area contributed by atoms with Crippen LogP contribution in [-0.4, -0.2) is 47.9 Å². The molecule has 1 N–H and O–H groups in total. The molecule has 0 spiro atoms. The van der Waals surface area contributed by atoms with E-state index in [2.05, 4.69) is 27.3 Å². The molecule has 150 valence electrons. The van der Waals surface area contributed by atoms with Gasteiger partial charge < -0.3 is 15.1 Å². The van der Waals surface area contributed by atoms with Gasteiger partial charge in [-0.2, -0.15) is 0 Å². The number of thiazole rings is 1. The lowest BCUT2D eigenvalue weighted by Gasteiger charge is -2.36. The molecular formula is C21H21FN4O2S. The molecular weight excluding hydrogens is 391 g/mol. The van der Waals surface area contributed by atoms with Crippen molar-refractivity contribution in [2.24, 2.45) is 0 Å². The molecule has 6 nitrogen and oxygen atoms in total. The number of amides is 2. The number of para-hydroxylation sites is 1. The Morgan fingerprint density at radius 3 is 2.55 bits per heavy atom. The lowest BCUT2D eigenvalue weighted by Crippen LogP contribution is -2.48. The molecule has 1 aliphatic heterocycles. The van der Waals surface area contributed by atoms with Crippen LogP contribution < -0.4 is 10.2 Å². The van der Waals surface area contributed by atoms with Crippen LogP contribution in [0.1, 0.15) is 12.8 Å². The van der Waals surface area contributed by atoms with Crippen molar-refractivity contribution in [1.29, 1.82) is 0 Å². The molecule has 2 amide bonds. The molecule has 0 bridgehead atoms. The lowest BCUT2D eigenvalue weighted by molar-refractivity contribution is -0.133. The number of carbonyl (C=O) groups excluding carboxylic acids is 2.